The van der Waals surface area contributed by atoms with Crippen molar-refractivity contribution in [3.8, 4) is 5.75 Å². The maximum absolute atomic E-state index is 12.8. The van der Waals surface area contributed by atoms with Gasteiger partial charge >= 0.3 is 6.18 Å². The van der Waals surface area contributed by atoms with Gasteiger partial charge in [0.15, 0.2) is 0 Å². The zero-order valence-corrected chi connectivity index (χ0v) is 10.8. The molecule has 0 amide bonds. The van der Waals surface area contributed by atoms with E-state index < -0.39 is 11.7 Å². The molecule has 0 radical (unpaired) electrons. The third kappa shape index (κ3) is 3.41. The molecule has 0 spiro atoms. The predicted molar refractivity (Wildman–Crippen MR) is 67.0 cm³/mol. The quantitative estimate of drug-likeness (QED) is 0.861. The molecule has 0 aromatic heterocycles. The summed E-state index contributed by atoms with van der Waals surface area (Å²) in [5, 5.41) is 11.9. The first kappa shape index (κ1) is 14.2. The molecule has 0 saturated heterocycles. The number of hydrogen-bond donors (Lipinski definition) is 2. The highest BCUT2D eigenvalue weighted by Crippen LogP contribution is 2.49. The van der Waals surface area contributed by atoms with E-state index in [-0.39, 0.29) is 24.6 Å². The van der Waals surface area contributed by atoms with E-state index >= 15 is 0 Å². The fourth-order valence-corrected chi connectivity index (χ4v) is 2.22. The third-order valence-corrected chi connectivity index (χ3v) is 3.62. The summed E-state index contributed by atoms with van der Waals surface area (Å²) in [7, 11) is 0. The van der Waals surface area contributed by atoms with Crippen molar-refractivity contribution in [2.45, 2.75) is 50.4 Å². The van der Waals surface area contributed by atoms with Crippen LogP contribution in [-0.2, 0) is 6.42 Å². The summed E-state index contributed by atoms with van der Waals surface area (Å²) < 4.78 is 38.3. The molecular formula is C14H18F3NO. The lowest BCUT2D eigenvalue weighted by Crippen LogP contribution is -2.48. The zero-order valence-electron chi connectivity index (χ0n) is 10.8. The van der Waals surface area contributed by atoms with Gasteiger partial charge in [0.25, 0.3) is 0 Å². The van der Waals surface area contributed by atoms with Crippen molar-refractivity contribution in [2.75, 3.05) is 0 Å². The van der Waals surface area contributed by atoms with Crippen molar-refractivity contribution < 1.29 is 18.3 Å². The maximum atomic E-state index is 12.8. The van der Waals surface area contributed by atoms with E-state index in [1.165, 1.54) is 0 Å². The first-order chi connectivity index (χ1) is 8.82. The molecule has 1 aliphatic rings. The van der Waals surface area contributed by atoms with Crippen molar-refractivity contribution in [1.82, 2.24) is 5.32 Å². The lowest BCUT2D eigenvalue weighted by Gasteiger charge is -2.25. The molecule has 1 fully saturated rings. The molecule has 5 heteroatoms. The van der Waals surface area contributed by atoms with Crippen molar-refractivity contribution in [3.05, 3.63) is 29.8 Å². The Morgan fingerprint density at radius 2 is 1.84 bits per heavy atom. The molecule has 106 valence electrons. The highest BCUT2D eigenvalue weighted by Gasteiger charge is 2.63. The second-order valence-electron chi connectivity index (χ2n) is 5.33. The minimum absolute atomic E-state index is 0.181. The standard InChI is InChI=1S/C14H18F3NO/c1-10(18-13(8-9-13)14(15,16)17)2-3-11-4-6-12(19)7-5-11/h4-7,10,18-19H,2-3,8-9H2,1H3. The number of aryl methyl sites for hydroxylation is 1. The Labute approximate surface area is 110 Å². The second kappa shape index (κ2) is 5.04. The molecule has 2 nitrogen and oxygen atoms in total. The molecule has 2 N–H and O–H groups in total. The molecule has 1 unspecified atom stereocenters. The van der Waals surface area contributed by atoms with Gasteiger partial charge in [0.1, 0.15) is 11.3 Å². The van der Waals surface area contributed by atoms with E-state index in [0.717, 1.165) is 5.56 Å². The van der Waals surface area contributed by atoms with Crippen LogP contribution in [0.25, 0.3) is 0 Å². The van der Waals surface area contributed by atoms with Crippen molar-refractivity contribution >= 4 is 0 Å². The number of halogens is 3. The predicted octanol–water partition coefficient (Wildman–Crippen LogP) is 3.40. The van der Waals surface area contributed by atoms with Gasteiger partial charge in [-0.2, -0.15) is 13.2 Å². The molecule has 1 aromatic rings. The van der Waals surface area contributed by atoms with E-state index in [9.17, 15) is 13.2 Å². The van der Waals surface area contributed by atoms with Gasteiger partial charge in [0, 0.05) is 6.04 Å². The smallest absolute Gasteiger partial charge is 0.406 e. The summed E-state index contributed by atoms with van der Waals surface area (Å²) in [6.45, 7) is 1.78. The number of benzene rings is 1. The Kier molecular flexibility index (Phi) is 3.76. The van der Waals surface area contributed by atoms with E-state index in [1.54, 1.807) is 31.2 Å². The number of phenolic OH excluding ortho intramolecular Hbond substituents is 1. The third-order valence-electron chi connectivity index (χ3n) is 3.62. The Hall–Kier alpha value is -1.23. The average Bonchev–Trinajstić information content (AvgIpc) is 3.09. The summed E-state index contributed by atoms with van der Waals surface area (Å²) in [6, 6.07) is 6.58. The number of phenols is 1. The summed E-state index contributed by atoms with van der Waals surface area (Å²) >= 11 is 0. The van der Waals surface area contributed by atoms with Crippen LogP contribution < -0.4 is 5.32 Å². The number of alkyl halides is 3. The van der Waals surface area contributed by atoms with Crippen LogP contribution in [0.5, 0.6) is 5.75 Å². The molecule has 1 atom stereocenters. The number of hydrogen-bond acceptors (Lipinski definition) is 2. The van der Waals surface area contributed by atoms with Crippen LogP contribution in [-0.4, -0.2) is 22.9 Å². The molecule has 1 aromatic carbocycles. The fraction of sp³-hybridized carbons (Fsp3) is 0.571. The average molecular weight is 273 g/mol. The van der Waals surface area contributed by atoms with E-state index in [4.69, 9.17) is 5.11 Å². The number of aromatic hydroxyl groups is 1. The first-order valence-electron chi connectivity index (χ1n) is 6.45. The molecule has 2 rings (SSSR count). The molecule has 1 aliphatic carbocycles. The summed E-state index contributed by atoms with van der Waals surface area (Å²) in [6.07, 6.45) is -2.45. The van der Waals surface area contributed by atoms with Crippen LogP contribution in [0.3, 0.4) is 0 Å². The van der Waals surface area contributed by atoms with Crippen LogP contribution in [0, 0.1) is 0 Å². The minimum Gasteiger partial charge on any atom is -0.508 e. The number of nitrogens with one attached hydrogen (secondary N) is 1. The Bertz CT molecular complexity index is 423. The SMILES string of the molecule is CC(CCc1ccc(O)cc1)NC1(C(F)(F)F)CC1. The molecule has 0 aliphatic heterocycles. The van der Waals surface area contributed by atoms with Gasteiger partial charge in [-0.25, -0.2) is 0 Å². The van der Waals surface area contributed by atoms with E-state index in [2.05, 4.69) is 5.32 Å². The molecule has 19 heavy (non-hydrogen) atoms. The van der Waals surface area contributed by atoms with Gasteiger partial charge in [-0.3, -0.25) is 0 Å². The van der Waals surface area contributed by atoms with Crippen LogP contribution in [0.15, 0.2) is 24.3 Å². The van der Waals surface area contributed by atoms with Gasteiger partial charge in [-0.15, -0.1) is 0 Å². The summed E-state index contributed by atoms with van der Waals surface area (Å²) in [5.41, 5.74) is -0.621. The lowest BCUT2D eigenvalue weighted by atomic mass is 10.0. The van der Waals surface area contributed by atoms with Crippen LogP contribution >= 0.6 is 0 Å². The molecule has 0 bridgehead atoms. The monoisotopic (exact) mass is 273 g/mol. The second-order valence-corrected chi connectivity index (χ2v) is 5.33. The van der Waals surface area contributed by atoms with Gasteiger partial charge in [0.2, 0.25) is 0 Å². The molecule has 1 saturated carbocycles. The fourth-order valence-electron chi connectivity index (χ4n) is 2.22. The Morgan fingerprint density at radius 1 is 1.26 bits per heavy atom. The maximum Gasteiger partial charge on any atom is 0.406 e. The summed E-state index contributed by atoms with van der Waals surface area (Å²) in [4.78, 5) is 0. The highest BCUT2D eigenvalue weighted by atomic mass is 19.4. The minimum atomic E-state index is -4.15. The Morgan fingerprint density at radius 3 is 2.32 bits per heavy atom. The van der Waals surface area contributed by atoms with E-state index in [1.807, 2.05) is 0 Å². The van der Waals surface area contributed by atoms with Gasteiger partial charge < -0.3 is 10.4 Å². The van der Waals surface area contributed by atoms with Gasteiger partial charge in [-0.05, 0) is 50.3 Å². The van der Waals surface area contributed by atoms with Crippen molar-refractivity contribution in [1.29, 1.82) is 0 Å². The molecular weight excluding hydrogens is 255 g/mol. The Balaban J connectivity index is 1.82. The lowest BCUT2D eigenvalue weighted by molar-refractivity contribution is -0.167. The van der Waals surface area contributed by atoms with E-state index in [0.29, 0.717) is 12.8 Å². The summed E-state index contributed by atoms with van der Waals surface area (Å²) in [5.74, 6) is 0.198. The van der Waals surface area contributed by atoms with Crippen molar-refractivity contribution in [2.24, 2.45) is 0 Å². The zero-order chi connectivity index (χ0) is 14.1. The molecule has 0 heterocycles. The van der Waals surface area contributed by atoms with Gasteiger partial charge in [0.05, 0.1) is 0 Å². The van der Waals surface area contributed by atoms with Crippen LogP contribution in [0.2, 0.25) is 0 Å². The van der Waals surface area contributed by atoms with Crippen LogP contribution in [0.1, 0.15) is 31.7 Å². The highest BCUT2D eigenvalue weighted by molar-refractivity contribution is 5.26. The van der Waals surface area contributed by atoms with Crippen molar-refractivity contribution in [3.63, 3.8) is 0 Å². The van der Waals surface area contributed by atoms with Gasteiger partial charge in [-0.1, -0.05) is 12.1 Å². The first-order valence-corrected chi connectivity index (χ1v) is 6.45. The van der Waals surface area contributed by atoms with Crippen LogP contribution in [0.4, 0.5) is 13.2 Å². The largest absolute Gasteiger partial charge is 0.508 e. The normalized spacial score (nSPS) is 19.2. The number of rotatable bonds is 5. The topological polar surface area (TPSA) is 32.3 Å².